The zero-order valence-electron chi connectivity index (χ0n) is 11.1. The molecule has 0 fully saturated rings. The SMILES string of the molecule is O=C(Oc1c(F)c(F)c(S(=O)(=O)[O-])c(F)c1F)c1ccccc1I. The van der Waals surface area contributed by atoms with Crippen LogP contribution in [0.15, 0.2) is 29.2 Å². The molecule has 0 unspecified atom stereocenters. The molecule has 0 atom stereocenters. The minimum atomic E-state index is -5.83. The van der Waals surface area contributed by atoms with Crippen LogP contribution in [-0.4, -0.2) is 18.9 Å². The summed E-state index contributed by atoms with van der Waals surface area (Å²) in [5.74, 6) is -12.7. The number of carbonyl (C=O) groups is 1. The Balaban J connectivity index is 2.58. The highest BCUT2D eigenvalue weighted by molar-refractivity contribution is 14.1. The normalized spacial score (nSPS) is 11.4. The van der Waals surface area contributed by atoms with Crippen molar-refractivity contribution < 1.29 is 40.1 Å². The molecule has 2 aromatic carbocycles. The lowest BCUT2D eigenvalue weighted by molar-refractivity contribution is 0.0715. The summed E-state index contributed by atoms with van der Waals surface area (Å²) in [6.07, 6.45) is 0. The molecular formula is C13H4F4IO5S-. The van der Waals surface area contributed by atoms with Crippen LogP contribution >= 0.6 is 22.6 Å². The highest BCUT2D eigenvalue weighted by Crippen LogP contribution is 2.33. The van der Waals surface area contributed by atoms with Crippen LogP contribution in [0.3, 0.4) is 0 Å². The first-order valence-electron chi connectivity index (χ1n) is 5.84. The van der Waals surface area contributed by atoms with Gasteiger partial charge in [0.05, 0.1) is 5.56 Å². The van der Waals surface area contributed by atoms with Crippen LogP contribution in [0.4, 0.5) is 17.6 Å². The van der Waals surface area contributed by atoms with Crippen LogP contribution in [0.25, 0.3) is 0 Å². The molecular weight excluding hydrogens is 471 g/mol. The fourth-order valence-electron chi connectivity index (χ4n) is 1.67. The third-order valence-corrected chi connectivity index (χ3v) is 4.52. The van der Waals surface area contributed by atoms with E-state index in [1.54, 1.807) is 28.7 Å². The summed E-state index contributed by atoms with van der Waals surface area (Å²) < 4.78 is 91.4. The number of carbonyl (C=O) groups excluding carboxylic acids is 1. The number of hydrogen-bond donors (Lipinski definition) is 0. The van der Waals surface area contributed by atoms with Gasteiger partial charge in [-0.2, -0.15) is 8.78 Å². The minimum absolute atomic E-state index is 0.154. The van der Waals surface area contributed by atoms with E-state index in [0.717, 1.165) is 0 Å². The first-order chi connectivity index (χ1) is 11.1. The highest BCUT2D eigenvalue weighted by Gasteiger charge is 2.31. The smallest absolute Gasteiger partial charge is 0.344 e. The van der Waals surface area contributed by atoms with Gasteiger partial charge in [-0.1, -0.05) is 12.1 Å². The van der Waals surface area contributed by atoms with E-state index >= 15 is 0 Å². The molecule has 0 bridgehead atoms. The van der Waals surface area contributed by atoms with Gasteiger partial charge >= 0.3 is 5.97 Å². The molecule has 0 aliphatic heterocycles. The third kappa shape index (κ3) is 3.37. The Labute approximate surface area is 146 Å². The fourth-order valence-corrected chi connectivity index (χ4v) is 2.90. The van der Waals surface area contributed by atoms with Gasteiger partial charge in [-0.25, -0.2) is 22.0 Å². The molecule has 128 valence electrons. The quantitative estimate of drug-likeness (QED) is 0.170. The zero-order chi connectivity index (χ0) is 18.2. The number of esters is 1. The fraction of sp³-hybridized carbons (Fsp3) is 0. The largest absolute Gasteiger partial charge is 0.744 e. The van der Waals surface area contributed by atoms with Crippen molar-refractivity contribution in [3.05, 3.63) is 56.7 Å². The lowest BCUT2D eigenvalue weighted by Crippen LogP contribution is -2.16. The van der Waals surface area contributed by atoms with Crippen LogP contribution in [0, 0.1) is 26.8 Å². The third-order valence-electron chi connectivity index (χ3n) is 2.72. The molecule has 0 spiro atoms. The Morgan fingerprint density at radius 2 is 1.50 bits per heavy atom. The summed E-state index contributed by atoms with van der Waals surface area (Å²) in [7, 11) is -5.83. The molecule has 24 heavy (non-hydrogen) atoms. The van der Waals surface area contributed by atoms with Gasteiger partial charge < -0.3 is 9.29 Å². The molecule has 5 nitrogen and oxygen atoms in total. The van der Waals surface area contributed by atoms with E-state index in [1.165, 1.54) is 18.2 Å². The standard InChI is InChI=1S/C13H5F4IO5S/c14-7-9(16)12(24(20,21)22)10(17)8(15)11(7)23-13(19)5-3-1-2-4-6(5)18/h1-4H,(H,20,21,22)/p-1. The predicted molar refractivity (Wildman–Crippen MR) is 78.4 cm³/mol. The Bertz CT molecular complexity index is 917. The van der Waals surface area contributed by atoms with E-state index in [2.05, 4.69) is 4.74 Å². The molecule has 0 heterocycles. The molecule has 2 rings (SSSR count). The Morgan fingerprint density at radius 3 is 1.96 bits per heavy atom. The van der Waals surface area contributed by atoms with Gasteiger partial charge in [-0.15, -0.1) is 0 Å². The average Bonchev–Trinajstić information content (AvgIpc) is 2.48. The lowest BCUT2D eigenvalue weighted by Gasteiger charge is -2.14. The maximum atomic E-state index is 13.7. The summed E-state index contributed by atoms with van der Waals surface area (Å²) in [4.78, 5) is 9.53. The maximum Gasteiger partial charge on any atom is 0.344 e. The molecule has 11 heteroatoms. The summed E-state index contributed by atoms with van der Waals surface area (Å²) in [5, 5.41) is 0. The first kappa shape index (κ1) is 18.6. The number of ether oxygens (including phenoxy) is 1. The number of halogens is 5. The van der Waals surface area contributed by atoms with Crippen molar-refractivity contribution in [1.82, 2.24) is 0 Å². The monoisotopic (exact) mass is 475 g/mol. The number of benzene rings is 2. The van der Waals surface area contributed by atoms with E-state index in [4.69, 9.17) is 0 Å². The minimum Gasteiger partial charge on any atom is -0.744 e. The van der Waals surface area contributed by atoms with Crippen molar-refractivity contribution in [2.24, 2.45) is 0 Å². The van der Waals surface area contributed by atoms with Gasteiger partial charge in [0.2, 0.25) is 17.4 Å². The Morgan fingerprint density at radius 1 is 1.00 bits per heavy atom. The molecule has 0 amide bonds. The molecule has 0 saturated carbocycles. The highest BCUT2D eigenvalue weighted by atomic mass is 127. The molecule has 0 radical (unpaired) electrons. The van der Waals surface area contributed by atoms with Gasteiger partial charge in [0, 0.05) is 3.57 Å². The van der Waals surface area contributed by atoms with Crippen LogP contribution < -0.4 is 4.74 Å². The van der Waals surface area contributed by atoms with E-state index in [9.17, 15) is 35.3 Å². The zero-order valence-corrected chi connectivity index (χ0v) is 14.1. The van der Waals surface area contributed by atoms with Gasteiger partial charge in [0.25, 0.3) is 0 Å². The molecule has 0 N–H and O–H groups in total. The first-order valence-corrected chi connectivity index (χ1v) is 8.33. The van der Waals surface area contributed by atoms with E-state index in [1.807, 2.05) is 0 Å². The van der Waals surface area contributed by atoms with Crippen molar-refractivity contribution in [3.63, 3.8) is 0 Å². The van der Waals surface area contributed by atoms with Crippen molar-refractivity contribution in [1.29, 1.82) is 0 Å². The summed E-state index contributed by atoms with van der Waals surface area (Å²) in [5.41, 5.74) is -0.154. The van der Waals surface area contributed by atoms with Crippen LogP contribution in [0.5, 0.6) is 5.75 Å². The average molecular weight is 475 g/mol. The summed E-state index contributed by atoms with van der Waals surface area (Å²) in [6, 6.07) is 5.63. The van der Waals surface area contributed by atoms with Gasteiger partial charge in [-0.05, 0) is 34.7 Å². The molecule has 0 aliphatic carbocycles. The molecule has 0 aromatic heterocycles. The van der Waals surface area contributed by atoms with Gasteiger partial charge in [0.15, 0.2) is 11.6 Å². The lowest BCUT2D eigenvalue weighted by atomic mass is 10.2. The van der Waals surface area contributed by atoms with Crippen LogP contribution in [-0.2, 0) is 10.1 Å². The summed E-state index contributed by atoms with van der Waals surface area (Å²) in [6.45, 7) is 0. The Kier molecular flexibility index (Phi) is 5.15. The van der Waals surface area contributed by atoms with Crippen LogP contribution in [0.1, 0.15) is 10.4 Å². The van der Waals surface area contributed by atoms with Crippen molar-refractivity contribution in [3.8, 4) is 5.75 Å². The molecule has 0 saturated heterocycles. The number of hydrogen-bond acceptors (Lipinski definition) is 5. The Hall–Kier alpha value is -1.73. The van der Waals surface area contributed by atoms with Gasteiger partial charge in [0.1, 0.15) is 15.0 Å². The van der Waals surface area contributed by atoms with E-state index in [-0.39, 0.29) is 5.56 Å². The maximum absolute atomic E-state index is 13.7. The second-order valence-electron chi connectivity index (χ2n) is 4.24. The van der Waals surface area contributed by atoms with Crippen molar-refractivity contribution >= 4 is 38.7 Å². The predicted octanol–water partition coefficient (Wildman–Crippen LogP) is 2.97. The second-order valence-corrected chi connectivity index (χ2v) is 6.72. The van der Waals surface area contributed by atoms with E-state index in [0.29, 0.717) is 3.57 Å². The molecule has 0 aliphatic rings. The van der Waals surface area contributed by atoms with Crippen LogP contribution in [0.2, 0.25) is 0 Å². The van der Waals surface area contributed by atoms with Gasteiger partial charge in [-0.3, -0.25) is 0 Å². The van der Waals surface area contributed by atoms with E-state index < -0.39 is 50.0 Å². The summed E-state index contributed by atoms with van der Waals surface area (Å²) >= 11 is 1.71. The van der Waals surface area contributed by atoms with Crippen molar-refractivity contribution in [2.75, 3.05) is 0 Å². The van der Waals surface area contributed by atoms with Crippen molar-refractivity contribution in [2.45, 2.75) is 4.90 Å². The topological polar surface area (TPSA) is 83.5 Å². The molecule has 2 aromatic rings. The second kappa shape index (κ2) is 6.64. The number of rotatable bonds is 3.